The first-order valence-electron chi connectivity index (χ1n) is 22.2. The maximum Gasteiger partial charge on any atom is 0.501 e. The van der Waals surface area contributed by atoms with E-state index in [9.17, 15) is 39.9 Å². The molecule has 0 aromatic heterocycles. The lowest BCUT2D eigenvalue weighted by Gasteiger charge is -2.73. The molecule has 0 spiro atoms. The Kier molecular flexibility index (Phi) is 14.3. The maximum absolute atomic E-state index is 14.1. The van der Waals surface area contributed by atoms with E-state index in [0.29, 0.717) is 47.6 Å². The zero-order valence-electron chi connectivity index (χ0n) is 37.2. The van der Waals surface area contributed by atoms with Crippen LogP contribution < -0.4 is 14.9 Å². The number of likely N-dealkylation sites (N-methyl/N-ethyl adjacent to an activating group) is 1. The number of allylic oxidation sites excluding steroid dienone is 1. The lowest BCUT2D eigenvalue weighted by atomic mass is 9.31. The SMILES string of the molecule is CCC12CC(C3=C(CN4CCN(c5ccc(C(=O)NS(=O)(=O)c6ccc(N[C@H](CCN(C)CCO)CSc7ccccc7)c(S(=O)(=O)C(F)(F)F)c6)cc5)CC4)CCC(C)(C)C3)(C1)C2. The molecule has 11 nitrogen and oxygen atoms in total. The highest BCUT2D eigenvalue weighted by atomic mass is 32.2. The highest BCUT2D eigenvalue weighted by Gasteiger charge is 2.68. The number of sulfonamides is 1. The summed E-state index contributed by atoms with van der Waals surface area (Å²) in [6.07, 6.45) is 9.31. The summed E-state index contributed by atoms with van der Waals surface area (Å²) in [4.78, 5) is 18.7. The number of alkyl halides is 3. The first-order valence-corrected chi connectivity index (χ1v) is 26.2. The summed E-state index contributed by atoms with van der Waals surface area (Å²) in [5.41, 5.74) is -0.489. The first kappa shape index (κ1) is 48.3. The smallest absolute Gasteiger partial charge is 0.395 e. The number of nitrogens with one attached hydrogen (secondary N) is 2. The van der Waals surface area contributed by atoms with Gasteiger partial charge in [-0.3, -0.25) is 9.69 Å². The minimum absolute atomic E-state index is 0.00968. The molecule has 3 aromatic carbocycles. The van der Waals surface area contributed by atoms with E-state index < -0.39 is 52.8 Å². The summed E-state index contributed by atoms with van der Waals surface area (Å²) in [6.45, 7) is 12.2. The molecule has 1 atom stereocenters. The van der Waals surface area contributed by atoms with Gasteiger partial charge in [-0.25, -0.2) is 21.6 Å². The Morgan fingerprint density at radius 3 is 2.23 bits per heavy atom. The number of amides is 1. The molecular formula is C47H62F3N5O6S3. The van der Waals surface area contributed by atoms with Crippen molar-refractivity contribution in [2.45, 2.75) is 98.4 Å². The third-order valence-electron chi connectivity index (χ3n) is 14.0. The number of aliphatic hydroxyl groups is 1. The Morgan fingerprint density at radius 1 is 0.938 bits per heavy atom. The van der Waals surface area contributed by atoms with Crippen molar-refractivity contribution in [2.24, 2.45) is 16.2 Å². The van der Waals surface area contributed by atoms with Crippen LogP contribution in [0.5, 0.6) is 0 Å². The summed E-state index contributed by atoms with van der Waals surface area (Å²) in [6, 6.07) is 17.6. The number of carbonyl (C=O) groups is 1. The van der Waals surface area contributed by atoms with Crippen molar-refractivity contribution in [3.05, 3.63) is 89.5 Å². The molecule has 1 aliphatic heterocycles. The number of nitrogens with zero attached hydrogens (tertiary/aromatic N) is 3. The van der Waals surface area contributed by atoms with Crippen LogP contribution in [0.4, 0.5) is 24.5 Å². The van der Waals surface area contributed by atoms with Crippen molar-refractivity contribution in [3.8, 4) is 0 Å². The summed E-state index contributed by atoms with van der Waals surface area (Å²) in [5, 5.41) is 12.3. The number of aliphatic hydroxyl groups excluding tert-OH is 1. The minimum Gasteiger partial charge on any atom is -0.395 e. The Morgan fingerprint density at radius 2 is 1.61 bits per heavy atom. The van der Waals surface area contributed by atoms with E-state index in [-0.39, 0.29) is 12.2 Å². The van der Waals surface area contributed by atoms with Crippen LogP contribution in [0.3, 0.4) is 0 Å². The van der Waals surface area contributed by atoms with E-state index in [2.05, 4.69) is 35.9 Å². The number of carbonyl (C=O) groups excluding carboxylic acids is 1. The Bertz CT molecular complexity index is 2390. The molecular weight excluding hydrogens is 884 g/mol. The number of rotatable bonds is 19. The van der Waals surface area contributed by atoms with E-state index in [4.69, 9.17) is 0 Å². The minimum atomic E-state index is -6.06. The number of sulfone groups is 1. The van der Waals surface area contributed by atoms with Crippen molar-refractivity contribution < 1.29 is 39.9 Å². The molecule has 350 valence electrons. The molecule has 1 heterocycles. The van der Waals surface area contributed by atoms with Crippen LogP contribution in [0.15, 0.2) is 98.6 Å². The molecule has 4 fully saturated rings. The third kappa shape index (κ3) is 10.6. The average Bonchev–Trinajstić information content (AvgIpc) is 3.22. The molecule has 3 saturated carbocycles. The molecule has 3 aromatic rings. The van der Waals surface area contributed by atoms with E-state index in [1.54, 1.807) is 30.3 Å². The standard InChI is InChI=1S/C47H62F3N5O6S3/c1-5-45-31-46(32-45,33-45)40-28-44(2,3)19-17-35(40)29-54-21-23-55(24-22-54)37-13-11-34(12-14-37)43(57)52-64(60,61)39-15-16-41(42(27-39)63(58,59)47(48,49)50)51-36(18-20-53(4)25-26-56)30-62-38-9-7-6-8-10-38/h6-16,27,36,51,56H,5,17-26,28-33H2,1-4H3,(H,52,57)/t36-,45?,46?/m1/s1. The van der Waals surface area contributed by atoms with Gasteiger partial charge in [0, 0.05) is 67.2 Å². The summed E-state index contributed by atoms with van der Waals surface area (Å²) in [5.74, 6) is -0.691. The fraction of sp³-hybridized carbons (Fsp3) is 0.553. The van der Waals surface area contributed by atoms with Crippen molar-refractivity contribution in [1.82, 2.24) is 14.5 Å². The molecule has 5 aliphatic rings. The van der Waals surface area contributed by atoms with Gasteiger partial charge in [-0.15, -0.1) is 11.8 Å². The quantitative estimate of drug-likeness (QED) is 0.0792. The van der Waals surface area contributed by atoms with Gasteiger partial charge in [-0.2, -0.15) is 13.2 Å². The Labute approximate surface area is 381 Å². The van der Waals surface area contributed by atoms with Crippen LogP contribution in [-0.4, -0.2) is 114 Å². The van der Waals surface area contributed by atoms with Gasteiger partial charge >= 0.3 is 5.51 Å². The molecule has 3 N–H and O–H groups in total. The van der Waals surface area contributed by atoms with Gasteiger partial charge in [0.05, 0.1) is 17.2 Å². The predicted octanol–water partition coefficient (Wildman–Crippen LogP) is 8.19. The van der Waals surface area contributed by atoms with Gasteiger partial charge in [-0.1, -0.05) is 56.5 Å². The third-order valence-corrected chi connectivity index (χ3v) is 18.0. The largest absolute Gasteiger partial charge is 0.501 e. The highest BCUT2D eigenvalue weighted by molar-refractivity contribution is 7.99. The Balaban J connectivity index is 1.00. The molecule has 1 saturated heterocycles. The lowest BCUT2D eigenvalue weighted by Crippen LogP contribution is -2.63. The maximum atomic E-state index is 14.1. The number of hydrogen-bond donors (Lipinski definition) is 3. The molecule has 4 aliphatic carbocycles. The summed E-state index contributed by atoms with van der Waals surface area (Å²) in [7, 11) is -9.13. The van der Waals surface area contributed by atoms with E-state index in [0.717, 1.165) is 55.4 Å². The number of benzene rings is 3. The van der Waals surface area contributed by atoms with Crippen LogP contribution in [0, 0.1) is 16.2 Å². The van der Waals surface area contributed by atoms with E-state index in [1.807, 2.05) is 40.0 Å². The molecule has 1 amide bonds. The van der Waals surface area contributed by atoms with Gasteiger partial charge in [0.2, 0.25) is 0 Å². The zero-order valence-corrected chi connectivity index (χ0v) is 39.7. The van der Waals surface area contributed by atoms with Crippen LogP contribution in [-0.2, 0) is 19.9 Å². The summed E-state index contributed by atoms with van der Waals surface area (Å²) < 4.78 is 97.3. The lowest BCUT2D eigenvalue weighted by molar-refractivity contribution is -0.182. The highest BCUT2D eigenvalue weighted by Crippen LogP contribution is 2.79. The van der Waals surface area contributed by atoms with Crippen molar-refractivity contribution in [3.63, 3.8) is 0 Å². The van der Waals surface area contributed by atoms with Gasteiger partial charge in [-0.05, 0) is 129 Å². The number of anilines is 2. The topological polar surface area (TPSA) is 139 Å². The number of hydrogen-bond acceptors (Lipinski definition) is 11. The van der Waals surface area contributed by atoms with Crippen molar-refractivity contribution in [1.29, 1.82) is 0 Å². The second-order valence-electron chi connectivity index (χ2n) is 19.2. The second-order valence-corrected chi connectivity index (χ2v) is 23.9. The summed E-state index contributed by atoms with van der Waals surface area (Å²) >= 11 is 1.41. The van der Waals surface area contributed by atoms with Gasteiger partial charge in [0.1, 0.15) is 4.90 Å². The fourth-order valence-corrected chi connectivity index (χ4v) is 13.2. The fourth-order valence-electron chi connectivity index (χ4n) is 10.2. The number of piperazine rings is 1. The number of thioether (sulfide) groups is 1. The molecule has 64 heavy (non-hydrogen) atoms. The zero-order chi connectivity index (χ0) is 46.1. The van der Waals surface area contributed by atoms with E-state index >= 15 is 0 Å². The molecule has 2 bridgehead atoms. The normalized spacial score (nSPS) is 23.0. The van der Waals surface area contributed by atoms with Crippen molar-refractivity contribution >= 4 is 48.9 Å². The number of halogens is 3. The van der Waals surface area contributed by atoms with Crippen LogP contribution in [0.1, 0.15) is 82.5 Å². The molecule has 8 rings (SSSR count). The Hall–Kier alpha value is -3.61. The van der Waals surface area contributed by atoms with E-state index in [1.165, 1.54) is 68.8 Å². The predicted molar refractivity (Wildman–Crippen MR) is 247 cm³/mol. The van der Waals surface area contributed by atoms with Crippen LogP contribution in [0.25, 0.3) is 0 Å². The molecule has 17 heteroatoms. The van der Waals surface area contributed by atoms with Crippen LogP contribution >= 0.6 is 11.8 Å². The average molecular weight is 946 g/mol. The second kappa shape index (κ2) is 18.9. The molecule has 0 radical (unpaired) electrons. The van der Waals surface area contributed by atoms with Gasteiger partial charge in [0.15, 0.2) is 0 Å². The van der Waals surface area contributed by atoms with Crippen LogP contribution in [0.2, 0.25) is 0 Å². The molecule has 0 unspecified atom stereocenters. The van der Waals surface area contributed by atoms with Crippen molar-refractivity contribution in [2.75, 3.05) is 75.4 Å². The van der Waals surface area contributed by atoms with Gasteiger partial charge < -0.3 is 20.2 Å². The van der Waals surface area contributed by atoms with Gasteiger partial charge in [0.25, 0.3) is 25.8 Å². The monoisotopic (exact) mass is 945 g/mol. The first-order chi connectivity index (χ1) is 30.2.